The third kappa shape index (κ3) is 4.39. The molecule has 0 aromatic heterocycles. The minimum atomic E-state index is -0.602. The van der Waals surface area contributed by atoms with Crippen LogP contribution in [0.15, 0.2) is 72.8 Å². The zero-order chi connectivity index (χ0) is 20.1. The number of carbonyl (C=O) groups excluding carboxylic acids is 2. The lowest BCUT2D eigenvalue weighted by molar-refractivity contribution is -0.385. The van der Waals surface area contributed by atoms with Gasteiger partial charge in [0, 0.05) is 35.9 Å². The Balaban J connectivity index is 1.91. The predicted molar refractivity (Wildman–Crippen MR) is 104 cm³/mol. The van der Waals surface area contributed by atoms with E-state index in [-0.39, 0.29) is 28.7 Å². The van der Waals surface area contributed by atoms with E-state index in [1.807, 2.05) is 0 Å². The van der Waals surface area contributed by atoms with Crippen LogP contribution in [0.5, 0.6) is 11.5 Å². The van der Waals surface area contributed by atoms with Crippen LogP contribution in [-0.2, 0) is 4.79 Å². The number of nitrogens with zero attached hydrogens (tertiary/aromatic N) is 1. The standard InChI is InChI=1S/C21H16N2O5/c1-14(24)22-17-8-5-9-18(13-17)28-20-11-10-16(12-19(20)23(26)27)21(25)15-6-3-2-4-7-15/h2-13H,1H3,(H,22,24). The first kappa shape index (κ1) is 18.8. The number of ketones is 1. The lowest BCUT2D eigenvalue weighted by atomic mass is 10.0. The monoisotopic (exact) mass is 376 g/mol. The minimum Gasteiger partial charge on any atom is -0.450 e. The van der Waals surface area contributed by atoms with Crippen molar-refractivity contribution in [2.75, 3.05) is 5.32 Å². The summed E-state index contributed by atoms with van der Waals surface area (Å²) >= 11 is 0. The van der Waals surface area contributed by atoms with Gasteiger partial charge in [0.25, 0.3) is 0 Å². The number of nitro groups is 1. The van der Waals surface area contributed by atoms with Gasteiger partial charge in [-0.3, -0.25) is 19.7 Å². The van der Waals surface area contributed by atoms with Crippen molar-refractivity contribution in [2.24, 2.45) is 0 Å². The lowest BCUT2D eigenvalue weighted by Gasteiger charge is -2.09. The Labute approximate surface area is 160 Å². The zero-order valence-electron chi connectivity index (χ0n) is 14.9. The lowest BCUT2D eigenvalue weighted by Crippen LogP contribution is -2.05. The van der Waals surface area contributed by atoms with E-state index in [1.165, 1.54) is 25.1 Å². The van der Waals surface area contributed by atoms with Crippen LogP contribution in [0.1, 0.15) is 22.8 Å². The Morgan fingerprint density at radius 2 is 1.68 bits per heavy atom. The number of hydrogen-bond acceptors (Lipinski definition) is 5. The molecular formula is C21H16N2O5. The molecule has 0 aliphatic carbocycles. The average molecular weight is 376 g/mol. The molecule has 3 aromatic rings. The number of hydrogen-bond donors (Lipinski definition) is 1. The van der Waals surface area contributed by atoms with Crippen LogP contribution in [0.25, 0.3) is 0 Å². The van der Waals surface area contributed by atoms with Gasteiger partial charge in [0.15, 0.2) is 5.78 Å². The molecule has 0 fully saturated rings. The first-order chi connectivity index (χ1) is 13.4. The van der Waals surface area contributed by atoms with Gasteiger partial charge in [-0.25, -0.2) is 0 Å². The summed E-state index contributed by atoms with van der Waals surface area (Å²) in [6.45, 7) is 1.38. The molecule has 0 aliphatic rings. The third-order valence-corrected chi connectivity index (χ3v) is 3.84. The first-order valence-electron chi connectivity index (χ1n) is 8.38. The SMILES string of the molecule is CC(=O)Nc1cccc(Oc2ccc(C(=O)c3ccccc3)cc2[N+](=O)[O-])c1. The second-order valence-electron chi connectivity index (χ2n) is 5.95. The van der Waals surface area contributed by atoms with Gasteiger partial charge in [0.1, 0.15) is 5.75 Å². The van der Waals surface area contributed by atoms with Crippen LogP contribution in [0.4, 0.5) is 11.4 Å². The molecule has 0 unspecified atom stereocenters. The van der Waals surface area contributed by atoms with Crippen molar-refractivity contribution < 1.29 is 19.2 Å². The molecule has 7 heteroatoms. The maximum atomic E-state index is 12.5. The van der Waals surface area contributed by atoms with E-state index in [1.54, 1.807) is 54.6 Å². The van der Waals surface area contributed by atoms with Crippen molar-refractivity contribution in [1.29, 1.82) is 0 Å². The Hall–Kier alpha value is -4.00. The quantitative estimate of drug-likeness (QED) is 0.386. The fourth-order valence-corrected chi connectivity index (χ4v) is 2.61. The smallest absolute Gasteiger partial charge is 0.312 e. The summed E-state index contributed by atoms with van der Waals surface area (Å²) in [4.78, 5) is 34.6. The van der Waals surface area contributed by atoms with Crippen LogP contribution >= 0.6 is 0 Å². The van der Waals surface area contributed by atoms with Crippen molar-refractivity contribution in [3.05, 3.63) is 94.0 Å². The summed E-state index contributed by atoms with van der Waals surface area (Å²) in [6.07, 6.45) is 0. The number of rotatable bonds is 6. The number of carbonyl (C=O) groups is 2. The van der Waals surface area contributed by atoms with Crippen LogP contribution in [0.3, 0.4) is 0 Å². The number of anilines is 1. The van der Waals surface area contributed by atoms with Gasteiger partial charge >= 0.3 is 5.69 Å². The topological polar surface area (TPSA) is 98.5 Å². The molecule has 0 saturated carbocycles. The number of ether oxygens (including phenoxy) is 1. The summed E-state index contributed by atoms with van der Waals surface area (Å²) in [5.41, 5.74) is 0.806. The molecule has 3 aromatic carbocycles. The van der Waals surface area contributed by atoms with Crippen LogP contribution in [0.2, 0.25) is 0 Å². The van der Waals surface area contributed by atoms with Gasteiger partial charge in [-0.05, 0) is 24.3 Å². The molecular weight excluding hydrogens is 360 g/mol. The molecule has 1 N–H and O–H groups in total. The number of nitro benzene ring substituents is 1. The molecule has 0 atom stereocenters. The molecule has 7 nitrogen and oxygen atoms in total. The Morgan fingerprint density at radius 1 is 0.929 bits per heavy atom. The van der Waals surface area contributed by atoms with E-state index < -0.39 is 4.92 Å². The van der Waals surface area contributed by atoms with E-state index in [2.05, 4.69) is 5.32 Å². The fraction of sp³-hybridized carbons (Fsp3) is 0.0476. The summed E-state index contributed by atoms with van der Waals surface area (Å²) in [7, 11) is 0. The molecule has 0 spiro atoms. The summed E-state index contributed by atoms with van der Waals surface area (Å²) in [5.74, 6) is -0.249. The van der Waals surface area contributed by atoms with E-state index in [4.69, 9.17) is 4.74 Å². The van der Waals surface area contributed by atoms with Gasteiger partial charge < -0.3 is 10.1 Å². The van der Waals surface area contributed by atoms with E-state index >= 15 is 0 Å². The number of nitrogens with one attached hydrogen (secondary N) is 1. The van der Waals surface area contributed by atoms with Crippen LogP contribution < -0.4 is 10.1 Å². The molecule has 3 rings (SSSR count). The highest BCUT2D eigenvalue weighted by Gasteiger charge is 2.20. The zero-order valence-corrected chi connectivity index (χ0v) is 14.9. The summed E-state index contributed by atoms with van der Waals surface area (Å²) in [6, 6.07) is 19.1. The Bertz CT molecular complexity index is 1050. The largest absolute Gasteiger partial charge is 0.450 e. The van der Waals surface area contributed by atoms with Crippen molar-refractivity contribution in [1.82, 2.24) is 0 Å². The van der Waals surface area contributed by atoms with Crippen molar-refractivity contribution in [3.8, 4) is 11.5 Å². The maximum absolute atomic E-state index is 12.5. The van der Waals surface area contributed by atoms with E-state index in [0.717, 1.165) is 0 Å². The highest BCUT2D eigenvalue weighted by atomic mass is 16.6. The molecule has 140 valence electrons. The Morgan fingerprint density at radius 3 is 2.36 bits per heavy atom. The third-order valence-electron chi connectivity index (χ3n) is 3.84. The van der Waals surface area contributed by atoms with Crippen LogP contribution in [0, 0.1) is 10.1 Å². The molecule has 1 amide bonds. The molecule has 0 radical (unpaired) electrons. The summed E-state index contributed by atoms with van der Waals surface area (Å²) in [5, 5.41) is 14.1. The molecule has 0 bridgehead atoms. The van der Waals surface area contributed by atoms with Crippen LogP contribution in [-0.4, -0.2) is 16.6 Å². The van der Waals surface area contributed by atoms with Gasteiger partial charge in [0.05, 0.1) is 4.92 Å². The highest BCUT2D eigenvalue weighted by molar-refractivity contribution is 6.09. The van der Waals surface area contributed by atoms with Crippen molar-refractivity contribution in [3.63, 3.8) is 0 Å². The highest BCUT2D eigenvalue weighted by Crippen LogP contribution is 2.33. The number of benzene rings is 3. The normalized spacial score (nSPS) is 10.2. The van der Waals surface area contributed by atoms with E-state index in [0.29, 0.717) is 17.0 Å². The van der Waals surface area contributed by atoms with Crippen molar-refractivity contribution >= 4 is 23.1 Å². The van der Waals surface area contributed by atoms with Gasteiger partial charge in [-0.2, -0.15) is 0 Å². The number of amides is 1. The second-order valence-corrected chi connectivity index (χ2v) is 5.95. The molecule has 28 heavy (non-hydrogen) atoms. The average Bonchev–Trinajstić information content (AvgIpc) is 2.68. The fourth-order valence-electron chi connectivity index (χ4n) is 2.61. The second kappa shape index (κ2) is 8.13. The van der Waals surface area contributed by atoms with Gasteiger partial charge in [-0.1, -0.05) is 36.4 Å². The van der Waals surface area contributed by atoms with Gasteiger partial charge in [0.2, 0.25) is 11.7 Å². The van der Waals surface area contributed by atoms with Crippen molar-refractivity contribution in [2.45, 2.75) is 6.92 Å². The Kier molecular flexibility index (Phi) is 5.45. The molecule has 0 heterocycles. The first-order valence-corrected chi connectivity index (χ1v) is 8.38. The minimum absolute atomic E-state index is 0.00501. The molecule has 0 aliphatic heterocycles. The summed E-state index contributed by atoms with van der Waals surface area (Å²) < 4.78 is 5.63. The van der Waals surface area contributed by atoms with Gasteiger partial charge in [-0.15, -0.1) is 0 Å². The molecule has 0 saturated heterocycles. The predicted octanol–water partition coefficient (Wildman–Crippen LogP) is 4.58. The van der Waals surface area contributed by atoms with E-state index in [9.17, 15) is 19.7 Å². The maximum Gasteiger partial charge on any atom is 0.312 e.